The number of nitrogens with zero attached hydrogens (tertiary/aromatic N) is 2. The summed E-state index contributed by atoms with van der Waals surface area (Å²) in [7, 11) is 1.51. The lowest BCUT2D eigenvalue weighted by atomic mass is 9.73. The number of nitrogens with one attached hydrogen (secondary N) is 1. The van der Waals surface area contributed by atoms with Crippen molar-refractivity contribution in [3.05, 3.63) is 23.9 Å². The predicted octanol–water partition coefficient (Wildman–Crippen LogP) is 3.21. The summed E-state index contributed by atoms with van der Waals surface area (Å²) in [6.45, 7) is 3.54. The molecule has 1 aliphatic heterocycles. The zero-order valence-electron chi connectivity index (χ0n) is 14.0. The summed E-state index contributed by atoms with van der Waals surface area (Å²) < 4.78 is 44.1. The van der Waals surface area contributed by atoms with E-state index in [4.69, 9.17) is 4.74 Å². The Balaban J connectivity index is 1.91. The van der Waals surface area contributed by atoms with Crippen LogP contribution in [0.3, 0.4) is 0 Å². The molecule has 1 atom stereocenters. The van der Waals surface area contributed by atoms with Crippen molar-refractivity contribution in [3.8, 4) is 5.88 Å². The minimum atomic E-state index is -4.24. The van der Waals surface area contributed by atoms with Crippen LogP contribution in [-0.2, 0) is 6.54 Å². The van der Waals surface area contributed by atoms with Crippen LogP contribution in [0, 0.1) is 11.3 Å². The molecule has 1 unspecified atom stereocenters. The SMILES string of the molecule is COc1ccc(CNC(=O)N2CCC(C(F)(F)F)C(C)(C)C2)cn1. The first kappa shape index (κ1) is 18.4. The van der Waals surface area contributed by atoms with Gasteiger partial charge in [-0.05, 0) is 17.4 Å². The quantitative estimate of drug-likeness (QED) is 0.915. The molecule has 0 spiro atoms. The van der Waals surface area contributed by atoms with Crippen molar-refractivity contribution in [2.75, 3.05) is 20.2 Å². The zero-order chi connectivity index (χ0) is 18.0. The molecule has 0 saturated carbocycles. The summed E-state index contributed by atoms with van der Waals surface area (Å²) in [4.78, 5) is 17.7. The molecule has 1 aromatic rings. The third-order valence-corrected chi connectivity index (χ3v) is 4.36. The van der Waals surface area contributed by atoms with Gasteiger partial charge in [-0.15, -0.1) is 0 Å². The number of amides is 2. The van der Waals surface area contributed by atoms with E-state index in [1.54, 1.807) is 32.2 Å². The first-order valence-electron chi connectivity index (χ1n) is 7.72. The van der Waals surface area contributed by atoms with Gasteiger partial charge < -0.3 is 15.0 Å². The molecule has 2 amide bonds. The van der Waals surface area contributed by atoms with Crippen molar-refractivity contribution in [2.24, 2.45) is 11.3 Å². The van der Waals surface area contributed by atoms with Crippen LogP contribution in [-0.4, -0.2) is 42.3 Å². The van der Waals surface area contributed by atoms with E-state index in [2.05, 4.69) is 10.3 Å². The summed E-state index contributed by atoms with van der Waals surface area (Å²) >= 11 is 0. The van der Waals surface area contributed by atoms with Crippen molar-refractivity contribution in [1.29, 1.82) is 0 Å². The molecule has 0 radical (unpaired) electrons. The van der Waals surface area contributed by atoms with E-state index in [0.29, 0.717) is 5.88 Å². The molecule has 1 aromatic heterocycles. The Hall–Kier alpha value is -1.99. The molecule has 8 heteroatoms. The van der Waals surface area contributed by atoms with Crippen LogP contribution in [0.25, 0.3) is 0 Å². The van der Waals surface area contributed by atoms with Crippen LogP contribution in [0.4, 0.5) is 18.0 Å². The van der Waals surface area contributed by atoms with Crippen LogP contribution in [0.2, 0.25) is 0 Å². The Labute approximate surface area is 139 Å². The lowest BCUT2D eigenvalue weighted by Gasteiger charge is -2.44. The highest BCUT2D eigenvalue weighted by Crippen LogP contribution is 2.44. The molecule has 0 aliphatic carbocycles. The highest BCUT2D eigenvalue weighted by molar-refractivity contribution is 5.74. The Morgan fingerprint density at radius 3 is 2.67 bits per heavy atom. The maximum atomic E-state index is 13.1. The van der Waals surface area contributed by atoms with E-state index in [1.165, 1.54) is 12.0 Å². The van der Waals surface area contributed by atoms with Gasteiger partial charge in [0.2, 0.25) is 5.88 Å². The summed E-state index contributed by atoms with van der Waals surface area (Å²) in [5.41, 5.74) is -0.219. The number of hydrogen-bond donors (Lipinski definition) is 1. The fourth-order valence-electron chi connectivity index (χ4n) is 3.06. The van der Waals surface area contributed by atoms with Crippen LogP contribution >= 0.6 is 0 Å². The van der Waals surface area contributed by atoms with Gasteiger partial charge in [0, 0.05) is 31.9 Å². The zero-order valence-corrected chi connectivity index (χ0v) is 14.0. The summed E-state index contributed by atoms with van der Waals surface area (Å²) in [6.07, 6.45) is -2.73. The lowest BCUT2D eigenvalue weighted by molar-refractivity contribution is -0.214. The van der Waals surface area contributed by atoms with Crippen molar-refractivity contribution in [2.45, 2.75) is 33.0 Å². The third kappa shape index (κ3) is 4.30. The molecule has 1 fully saturated rings. The number of halogens is 3. The minimum Gasteiger partial charge on any atom is -0.481 e. The Morgan fingerprint density at radius 2 is 2.17 bits per heavy atom. The maximum Gasteiger partial charge on any atom is 0.392 e. The molecule has 1 saturated heterocycles. The van der Waals surface area contributed by atoms with Gasteiger partial charge in [-0.25, -0.2) is 9.78 Å². The number of hydrogen-bond acceptors (Lipinski definition) is 3. The Bertz CT molecular complexity index is 573. The van der Waals surface area contributed by atoms with E-state index in [0.717, 1.165) is 5.56 Å². The smallest absolute Gasteiger partial charge is 0.392 e. The van der Waals surface area contributed by atoms with Gasteiger partial charge in [0.25, 0.3) is 0 Å². The first-order valence-corrected chi connectivity index (χ1v) is 7.72. The van der Waals surface area contributed by atoms with Crippen LogP contribution < -0.4 is 10.1 Å². The molecular weight excluding hydrogens is 323 g/mol. The second-order valence-electron chi connectivity index (χ2n) is 6.66. The normalized spacial score (nSPS) is 20.6. The average Bonchev–Trinajstić information content (AvgIpc) is 2.50. The number of rotatable bonds is 3. The van der Waals surface area contributed by atoms with Crippen molar-refractivity contribution in [1.82, 2.24) is 15.2 Å². The van der Waals surface area contributed by atoms with Crippen LogP contribution in [0.1, 0.15) is 25.8 Å². The number of pyridine rings is 1. The molecule has 1 N–H and O–H groups in total. The number of methoxy groups -OCH3 is 1. The second-order valence-corrected chi connectivity index (χ2v) is 6.66. The van der Waals surface area contributed by atoms with Gasteiger partial charge in [0.1, 0.15) is 0 Å². The fourth-order valence-corrected chi connectivity index (χ4v) is 3.06. The van der Waals surface area contributed by atoms with E-state index in [-0.39, 0.29) is 32.1 Å². The molecule has 0 aromatic carbocycles. The van der Waals surface area contributed by atoms with E-state index < -0.39 is 17.5 Å². The van der Waals surface area contributed by atoms with Crippen molar-refractivity contribution in [3.63, 3.8) is 0 Å². The molecule has 5 nitrogen and oxygen atoms in total. The van der Waals surface area contributed by atoms with Gasteiger partial charge in [0.05, 0.1) is 13.0 Å². The topological polar surface area (TPSA) is 54.5 Å². The molecule has 1 aliphatic rings. The van der Waals surface area contributed by atoms with E-state index in [9.17, 15) is 18.0 Å². The molecule has 0 bridgehead atoms. The number of carbonyl (C=O) groups is 1. The highest BCUT2D eigenvalue weighted by Gasteiger charge is 2.51. The number of carbonyl (C=O) groups excluding carboxylic acids is 1. The molecule has 2 heterocycles. The summed E-state index contributed by atoms with van der Waals surface area (Å²) in [5, 5.41) is 2.72. The number of urea groups is 1. The largest absolute Gasteiger partial charge is 0.481 e. The molecule has 134 valence electrons. The second kappa shape index (κ2) is 6.86. The number of ether oxygens (including phenoxy) is 1. The van der Waals surface area contributed by atoms with Crippen LogP contribution in [0.15, 0.2) is 18.3 Å². The van der Waals surface area contributed by atoms with Crippen molar-refractivity contribution < 1.29 is 22.7 Å². The number of piperidine rings is 1. The predicted molar refractivity (Wildman–Crippen MR) is 82.5 cm³/mol. The van der Waals surface area contributed by atoms with Gasteiger partial charge >= 0.3 is 12.2 Å². The van der Waals surface area contributed by atoms with Crippen LogP contribution in [0.5, 0.6) is 5.88 Å². The summed E-state index contributed by atoms with van der Waals surface area (Å²) in [6, 6.07) is 3.09. The van der Waals surface area contributed by atoms with Gasteiger partial charge in [0.15, 0.2) is 0 Å². The molecule has 2 rings (SSSR count). The van der Waals surface area contributed by atoms with Gasteiger partial charge in [-0.3, -0.25) is 0 Å². The minimum absolute atomic E-state index is 0.0733. The van der Waals surface area contributed by atoms with E-state index in [1.807, 2.05) is 0 Å². The fraction of sp³-hybridized carbons (Fsp3) is 0.625. The van der Waals surface area contributed by atoms with Gasteiger partial charge in [-0.1, -0.05) is 19.9 Å². The summed E-state index contributed by atoms with van der Waals surface area (Å²) in [5.74, 6) is -0.916. The highest BCUT2D eigenvalue weighted by atomic mass is 19.4. The monoisotopic (exact) mass is 345 g/mol. The Morgan fingerprint density at radius 1 is 1.46 bits per heavy atom. The molecular formula is C16H22F3N3O2. The first-order chi connectivity index (χ1) is 11.1. The average molecular weight is 345 g/mol. The lowest BCUT2D eigenvalue weighted by Crippen LogP contribution is -2.54. The number of likely N-dealkylation sites (tertiary alicyclic amines) is 1. The number of alkyl halides is 3. The third-order valence-electron chi connectivity index (χ3n) is 4.36. The molecule has 24 heavy (non-hydrogen) atoms. The Kier molecular flexibility index (Phi) is 5.25. The number of aromatic nitrogens is 1. The standard InChI is InChI=1S/C16H22F3N3O2/c1-15(2)10-22(7-6-12(15)16(17,18)19)14(23)21-9-11-4-5-13(24-3)20-8-11/h4-5,8,12H,6-7,9-10H2,1-3H3,(H,21,23). The van der Waals surface area contributed by atoms with Gasteiger partial charge in [-0.2, -0.15) is 13.2 Å². The maximum absolute atomic E-state index is 13.1. The van der Waals surface area contributed by atoms with E-state index >= 15 is 0 Å². The van der Waals surface area contributed by atoms with Crippen molar-refractivity contribution >= 4 is 6.03 Å².